The number of halogens is 2. The molecule has 2 saturated heterocycles. The molecule has 0 spiro atoms. The third-order valence-electron chi connectivity index (χ3n) is 6.41. The third kappa shape index (κ3) is 4.07. The molecule has 0 radical (unpaired) electrons. The maximum absolute atomic E-state index is 14.6. The summed E-state index contributed by atoms with van der Waals surface area (Å²) in [5, 5.41) is 2.64. The van der Waals surface area contributed by atoms with E-state index in [4.69, 9.17) is 0 Å². The highest BCUT2D eigenvalue weighted by Crippen LogP contribution is 2.32. The fraction of sp³-hybridized carbons (Fsp3) is 0.391. The molecule has 7 nitrogen and oxygen atoms in total. The van der Waals surface area contributed by atoms with E-state index in [0.29, 0.717) is 43.9 Å². The molecule has 1 amide bonds. The molecular formula is C23H24F2N4O3S. The van der Waals surface area contributed by atoms with E-state index in [1.165, 1.54) is 6.07 Å². The molecule has 0 saturated carbocycles. The van der Waals surface area contributed by atoms with Crippen LogP contribution < -0.4 is 10.2 Å². The molecule has 1 atom stereocenters. The van der Waals surface area contributed by atoms with Crippen molar-refractivity contribution in [2.45, 2.75) is 30.6 Å². The molecule has 174 valence electrons. The number of nitrogens with one attached hydrogen (secondary N) is 1. The van der Waals surface area contributed by atoms with E-state index in [9.17, 15) is 22.0 Å². The Morgan fingerprint density at radius 1 is 1.00 bits per heavy atom. The first-order valence-corrected chi connectivity index (χ1v) is 12.5. The second-order valence-electron chi connectivity index (χ2n) is 8.64. The highest BCUT2D eigenvalue weighted by Gasteiger charge is 2.35. The lowest BCUT2D eigenvalue weighted by molar-refractivity contribution is -0.121. The molecule has 0 aliphatic carbocycles. The lowest BCUT2D eigenvalue weighted by atomic mass is 9.96. The van der Waals surface area contributed by atoms with Crippen molar-refractivity contribution in [3.63, 3.8) is 0 Å². The first-order valence-electron chi connectivity index (χ1n) is 11.1. The molecule has 2 aromatic carbocycles. The van der Waals surface area contributed by atoms with E-state index in [1.807, 2.05) is 0 Å². The summed E-state index contributed by atoms with van der Waals surface area (Å²) >= 11 is 0. The maximum Gasteiger partial charge on any atom is 0.285 e. The van der Waals surface area contributed by atoms with Gasteiger partial charge >= 0.3 is 0 Å². The van der Waals surface area contributed by atoms with Crippen LogP contribution >= 0.6 is 0 Å². The van der Waals surface area contributed by atoms with Crippen molar-refractivity contribution in [1.29, 1.82) is 0 Å². The van der Waals surface area contributed by atoms with E-state index in [0.717, 1.165) is 25.0 Å². The van der Waals surface area contributed by atoms with Crippen LogP contribution in [0.25, 0.3) is 0 Å². The number of rotatable bonds is 3. The van der Waals surface area contributed by atoms with E-state index in [1.54, 1.807) is 28.0 Å². The molecule has 0 bridgehead atoms. The Labute approximate surface area is 191 Å². The molecule has 1 N–H and O–H groups in total. The summed E-state index contributed by atoms with van der Waals surface area (Å²) in [5.41, 5.74) is 0.551. The number of sulfonamides is 1. The lowest BCUT2D eigenvalue weighted by Gasteiger charge is -2.33. The van der Waals surface area contributed by atoms with E-state index < -0.39 is 27.6 Å². The minimum atomic E-state index is -3.75. The van der Waals surface area contributed by atoms with Gasteiger partial charge in [-0.05, 0) is 49.9 Å². The smallest absolute Gasteiger partial charge is 0.285 e. The van der Waals surface area contributed by atoms with Gasteiger partial charge in [-0.1, -0.05) is 12.1 Å². The van der Waals surface area contributed by atoms with Crippen LogP contribution in [0.4, 0.5) is 20.2 Å². The number of carbonyl (C=O) groups excluding carboxylic acids is 1. The molecule has 2 fully saturated rings. The van der Waals surface area contributed by atoms with Gasteiger partial charge in [0.2, 0.25) is 5.91 Å². The van der Waals surface area contributed by atoms with Crippen molar-refractivity contribution < 1.29 is 22.0 Å². The minimum Gasteiger partial charge on any atom is -0.367 e. The Morgan fingerprint density at radius 3 is 2.39 bits per heavy atom. The zero-order valence-electron chi connectivity index (χ0n) is 17.9. The van der Waals surface area contributed by atoms with Gasteiger partial charge in [0, 0.05) is 37.4 Å². The summed E-state index contributed by atoms with van der Waals surface area (Å²) in [4.78, 5) is 16.6. The SMILES string of the molecule is O=C(Nc1cc(F)c(N2CCCC2)c(F)c1)C1CCCN(C2=NS(=O)(=O)c3ccccc32)C1. The van der Waals surface area contributed by atoms with Gasteiger partial charge in [0.05, 0.1) is 5.92 Å². The number of amides is 1. The van der Waals surface area contributed by atoms with Gasteiger partial charge in [-0.3, -0.25) is 4.79 Å². The Kier molecular flexibility index (Phi) is 5.55. The summed E-state index contributed by atoms with van der Waals surface area (Å²) in [6.45, 7) is 2.06. The van der Waals surface area contributed by atoms with Gasteiger partial charge in [0.25, 0.3) is 10.0 Å². The number of hydrogen-bond donors (Lipinski definition) is 1. The molecule has 3 heterocycles. The average Bonchev–Trinajstić information content (AvgIpc) is 3.40. The normalized spacial score (nSPS) is 21.6. The van der Waals surface area contributed by atoms with Gasteiger partial charge in [-0.25, -0.2) is 8.78 Å². The van der Waals surface area contributed by atoms with Crippen LogP contribution in [0.5, 0.6) is 0 Å². The van der Waals surface area contributed by atoms with Crippen molar-refractivity contribution in [2.75, 3.05) is 36.4 Å². The first kappa shape index (κ1) is 21.8. The molecule has 3 aliphatic rings. The van der Waals surface area contributed by atoms with Crippen LogP contribution in [0, 0.1) is 17.6 Å². The van der Waals surface area contributed by atoms with Gasteiger partial charge in [-0.15, -0.1) is 4.40 Å². The predicted octanol–water partition coefficient (Wildman–Crippen LogP) is 3.36. The number of carbonyl (C=O) groups is 1. The molecule has 0 aromatic heterocycles. The highest BCUT2D eigenvalue weighted by molar-refractivity contribution is 7.90. The maximum atomic E-state index is 14.6. The highest BCUT2D eigenvalue weighted by atomic mass is 32.2. The molecule has 10 heteroatoms. The summed E-state index contributed by atoms with van der Waals surface area (Å²) in [6, 6.07) is 8.92. The molecular weight excluding hydrogens is 450 g/mol. The van der Waals surface area contributed by atoms with Gasteiger partial charge in [0.1, 0.15) is 10.6 Å². The monoisotopic (exact) mass is 474 g/mol. The number of benzene rings is 2. The van der Waals surface area contributed by atoms with Crippen LogP contribution in [0.15, 0.2) is 45.7 Å². The Balaban J connectivity index is 1.31. The summed E-state index contributed by atoms with van der Waals surface area (Å²) < 4.78 is 57.9. The van der Waals surface area contributed by atoms with Crippen LogP contribution in [-0.2, 0) is 14.8 Å². The largest absolute Gasteiger partial charge is 0.367 e. The molecule has 3 aliphatic heterocycles. The van der Waals surface area contributed by atoms with Gasteiger partial charge in [-0.2, -0.15) is 8.42 Å². The number of likely N-dealkylation sites (tertiary alicyclic amines) is 1. The van der Waals surface area contributed by atoms with Crippen molar-refractivity contribution in [1.82, 2.24) is 4.90 Å². The second-order valence-corrected chi connectivity index (χ2v) is 10.2. The predicted molar refractivity (Wildman–Crippen MR) is 121 cm³/mol. The zero-order valence-corrected chi connectivity index (χ0v) is 18.7. The van der Waals surface area contributed by atoms with Gasteiger partial charge < -0.3 is 15.1 Å². The fourth-order valence-electron chi connectivity index (χ4n) is 4.82. The molecule has 2 aromatic rings. The number of hydrogen-bond acceptors (Lipinski definition) is 5. The van der Waals surface area contributed by atoms with Crippen LogP contribution in [0.2, 0.25) is 0 Å². The number of fused-ring (bicyclic) bond motifs is 1. The Morgan fingerprint density at radius 2 is 1.67 bits per heavy atom. The first-order chi connectivity index (χ1) is 15.8. The van der Waals surface area contributed by atoms with Crippen molar-refractivity contribution in [3.8, 4) is 0 Å². The van der Waals surface area contributed by atoms with Crippen LogP contribution in [0.1, 0.15) is 31.2 Å². The lowest BCUT2D eigenvalue weighted by Crippen LogP contribution is -2.43. The summed E-state index contributed by atoms with van der Waals surface area (Å²) in [5.74, 6) is -1.88. The number of anilines is 2. The molecule has 1 unspecified atom stereocenters. The van der Waals surface area contributed by atoms with E-state index >= 15 is 0 Å². The average molecular weight is 475 g/mol. The number of nitrogens with zero attached hydrogens (tertiary/aromatic N) is 3. The minimum absolute atomic E-state index is 0.0477. The van der Waals surface area contributed by atoms with Crippen molar-refractivity contribution in [2.24, 2.45) is 10.3 Å². The summed E-state index contributed by atoms with van der Waals surface area (Å²) in [7, 11) is -3.75. The van der Waals surface area contributed by atoms with Crippen LogP contribution in [-0.4, -0.2) is 51.2 Å². The quantitative estimate of drug-likeness (QED) is 0.738. The van der Waals surface area contributed by atoms with Gasteiger partial charge in [0.15, 0.2) is 17.5 Å². The number of amidine groups is 1. The van der Waals surface area contributed by atoms with E-state index in [-0.39, 0.29) is 28.7 Å². The van der Waals surface area contributed by atoms with Crippen molar-refractivity contribution in [3.05, 3.63) is 53.6 Å². The number of piperidine rings is 1. The Hall–Kier alpha value is -3.01. The zero-order chi connectivity index (χ0) is 23.2. The Bertz CT molecular complexity index is 1220. The third-order valence-corrected chi connectivity index (χ3v) is 7.74. The van der Waals surface area contributed by atoms with Crippen molar-refractivity contribution >= 4 is 33.1 Å². The fourth-order valence-corrected chi connectivity index (χ4v) is 6.05. The standard InChI is InChI=1S/C23H24F2N4O3S/c24-18-12-16(13-19(25)21(18)28-9-3-4-10-28)26-23(30)15-6-5-11-29(14-15)22-17-7-1-2-8-20(17)33(31,32)27-22/h1-2,7-8,12-13,15H,3-6,9-11,14H2,(H,26,30). The molecule has 33 heavy (non-hydrogen) atoms. The summed E-state index contributed by atoms with van der Waals surface area (Å²) in [6.07, 6.45) is 3.04. The topological polar surface area (TPSA) is 82.1 Å². The second kappa shape index (κ2) is 8.40. The van der Waals surface area contributed by atoms with E-state index in [2.05, 4.69) is 9.71 Å². The van der Waals surface area contributed by atoms with Crippen LogP contribution in [0.3, 0.4) is 0 Å². The molecule has 5 rings (SSSR count).